The van der Waals surface area contributed by atoms with Gasteiger partial charge in [-0.3, -0.25) is 4.79 Å². The highest BCUT2D eigenvalue weighted by atomic mass is 79.9. The Kier molecular flexibility index (Phi) is 6.06. The average molecular weight is 351 g/mol. The molecule has 0 amide bonds. The summed E-state index contributed by atoms with van der Waals surface area (Å²) < 4.78 is 34.1. The number of halogens is 3. The Balaban J connectivity index is 3.34. The summed E-state index contributed by atoms with van der Waals surface area (Å²) in [5, 5.41) is 0. The highest BCUT2D eigenvalue weighted by molar-refractivity contribution is 9.10. The number of ketones is 1. The molecule has 0 aliphatic carbocycles. The van der Waals surface area contributed by atoms with E-state index in [4.69, 9.17) is 4.74 Å². The molecule has 20 heavy (non-hydrogen) atoms. The number of carbonyl (C=O) groups excluding carboxylic acids is 2. The Hall–Kier alpha value is -1.50. The van der Waals surface area contributed by atoms with Crippen molar-refractivity contribution in [1.82, 2.24) is 0 Å². The molecule has 4 nitrogen and oxygen atoms in total. The minimum absolute atomic E-state index is 0.0833. The molecule has 110 valence electrons. The fourth-order valence-corrected chi connectivity index (χ4v) is 1.78. The molecule has 1 atom stereocenters. The van der Waals surface area contributed by atoms with Crippen LogP contribution in [0.1, 0.15) is 34.6 Å². The van der Waals surface area contributed by atoms with E-state index in [-0.39, 0.29) is 17.7 Å². The third-order valence-corrected chi connectivity index (χ3v) is 2.76. The van der Waals surface area contributed by atoms with Crippen molar-refractivity contribution < 1.29 is 27.8 Å². The number of esters is 1. The van der Waals surface area contributed by atoms with Crippen LogP contribution in [0.5, 0.6) is 5.75 Å². The largest absolute Gasteiger partial charge is 0.462 e. The van der Waals surface area contributed by atoms with Gasteiger partial charge in [-0.1, -0.05) is 22.0 Å². The van der Waals surface area contributed by atoms with Gasteiger partial charge in [0.05, 0.1) is 17.0 Å². The van der Waals surface area contributed by atoms with E-state index in [1.54, 1.807) is 13.8 Å². The molecular formula is C13H13BrF2O4. The van der Waals surface area contributed by atoms with Gasteiger partial charge in [0.15, 0.2) is 11.5 Å². The maximum absolute atomic E-state index is 12.5. The highest BCUT2D eigenvalue weighted by Gasteiger charge is 2.25. The Labute approximate surface area is 123 Å². The molecule has 1 rings (SSSR count). The number of hydrogen-bond donors (Lipinski definition) is 0. The Morgan fingerprint density at radius 2 is 1.90 bits per heavy atom. The van der Waals surface area contributed by atoms with Crippen molar-refractivity contribution in [2.75, 3.05) is 6.61 Å². The topological polar surface area (TPSA) is 52.6 Å². The first-order valence-electron chi connectivity index (χ1n) is 5.81. The number of carbonyl (C=O) groups is 2. The molecular weight excluding hydrogens is 338 g/mol. The number of benzene rings is 1. The zero-order chi connectivity index (χ0) is 15.3. The standard InChI is InChI=1S/C13H13BrF2O4/c1-3-19-12(18)9-6-4-5-8(10(17)7(2)14)11(9)20-13(15)16/h4-7,13H,3H2,1-2H3. The number of Topliss-reactive ketones (excluding diaryl/α,β-unsaturated/α-hetero) is 1. The lowest BCUT2D eigenvalue weighted by molar-refractivity contribution is -0.0507. The zero-order valence-electron chi connectivity index (χ0n) is 10.9. The summed E-state index contributed by atoms with van der Waals surface area (Å²) in [5.74, 6) is -1.75. The van der Waals surface area contributed by atoms with Gasteiger partial charge in [-0.25, -0.2) is 4.79 Å². The smallest absolute Gasteiger partial charge is 0.387 e. The van der Waals surface area contributed by atoms with Crippen molar-refractivity contribution >= 4 is 27.7 Å². The van der Waals surface area contributed by atoms with Gasteiger partial charge in [0, 0.05) is 0 Å². The van der Waals surface area contributed by atoms with E-state index in [0.717, 1.165) is 0 Å². The van der Waals surface area contributed by atoms with Crippen molar-refractivity contribution in [2.24, 2.45) is 0 Å². The Morgan fingerprint density at radius 3 is 2.40 bits per heavy atom. The molecule has 0 saturated carbocycles. The highest BCUT2D eigenvalue weighted by Crippen LogP contribution is 2.29. The summed E-state index contributed by atoms with van der Waals surface area (Å²) in [6, 6.07) is 4.00. The normalized spacial score (nSPS) is 12.1. The molecule has 7 heteroatoms. The molecule has 0 bridgehead atoms. The van der Waals surface area contributed by atoms with Crippen LogP contribution >= 0.6 is 15.9 Å². The minimum Gasteiger partial charge on any atom is -0.462 e. The van der Waals surface area contributed by atoms with Gasteiger partial charge < -0.3 is 9.47 Å². The minimum atomic E-state index is -3.15. The number of para-hydroxylation sites is 1. The first-order valence-corrected chi connectivity index (χ1v) is 6.73. The van der Waals surface area contributed by atoms with Crippen LogP contribution in [0.4, 0.5) is 8.78 Å². The van der Waals surface area contributed by atoms with E-state index in [0.29, 0.717) is 0 Å². The summed E-state index contributed by atoms with van der Waals surface area (Å²) >= 11 is 3.06. The molecule has 0 aliphatic rings. The van der Waals surface area contributed by atoms with Crippen molar-refractivity contribution in [2.45, 2.75) is 25.3 Å². The van der Waals surface area contributed by atoms with E-state index >= 15 is 0 Å². The van der Waals surface area contributed by atoms with Gasteiger partial charge in [-0.05, 0) is 26.0 Å². The summed E-state index contributed by atoms with van der Waals surface area (Å²) in [6.07, 6.45) is 0. The van der Waals surface area contributed by atoms with Gasteiger partial charge in [0.1, 0.15) is 5.56 Å². The van der Waals surface area contributed by atoms with Crippen LogP contribution in [0.15, 0.2) is 18.2 Å². The lowest BCUT2D eigenvalue weighted by Gasteiger charge is -2.14. The molecule has 0 aromatic heterocycles. The molecule has 0 heterocycles. The first-order chi connectivity index (χ1) is 9.38. The quantitative estimate of drug-likeness (QED) is 0.448. The van der Waals surface area contributed by atoms with Crippen LogP contribution in [0, 0.1) is 0 Å². The van der Waals surface area contributed by atoms with E-state index < -0.39 is 28.9 Å². The SMILES string of the molecule is CCOC(=O)c1cccc(C(=O)C(C)Br)c1OC(F)F. The maximum Gasteiger partial charge on any atom is 0.387 e. The fourth-order valence-electron chi connectivity index (χ4n) is 1.53. The lowest BCUT2D eigenvalue weighted by atomic mass is 10.0. The molecule has 0 saturated heterocycles. The molecule has 0 aliphatic heterocycles. The van der Waals surface area contributed by atoms with Crippen LogP contribution in [0.2, 0.25) is 0 Å². The lowest BCUT2D eigenvalue weighted by Crippen LogP contribution is -2.17. The molecule has 0 radical (unpaired) electrons. The number of hydrogen-bond acceptors (Lipinski definition) is 4. The van der Waals surface area contributed by atoms with E-state index in [2.05, 4.69) is 20.7 Å². The van der Waals surface area contributed by atoms with Crippen molar-refractivity contribution in [3.05, 3.63) is 29.3 Å². The van der Waals surface area contributed by atoms with E-state index in [1.165, 1.54) is 18.2 Å². The predicted molar refractivity (Wildman–Crippen MR) is 71.8 cm³/mol. The summed E-state index contributed by atoms with van der Waals surface area (Å²) in [6.45, 7) is 0.0647. The van der Waals surface area contributed by atoms with Gasteiger partial charge >= 0.3 is 12.6 Å². The monoisotopic (exact) mass is 350 g/mol. The second-order valence-electron chi connectivity index (χ2n) is 3.76. The van der Waals surface area contributed by atoms with Gasteiger partial charge in [0.25, 0.3) is 0 Å². The van der Waals surface area contributed by atoms with Gasteiger partial charge in [-0.15, -0.1) is 0 Å². The number of rotatable bonds is 6. The van der Waals surface area contributed by atoms with Crippen molar-refractivity contribution in [3.63, 3.8) is 0 Å². The van der Waals surface area contributed by atoms with Gasteiger partial charge in [0.2, 0.25) is 0 Å². The Bertz CT molecular complexity index is 503. The van der Waals surface area contributed by atoms with Gasteiger partial charge in [-0.2, -0.15) is 8.78 Å². The van der Waals surface area contributed by atoms with Crippen LogP contribution in [0.3, 0.4) is 0 Å². The molecule has 1 unspecified atom stereocenters. The molecule has 1 aromatic carbocycles. The van der Waals surface area contributed by atoms with E-state index in [9.17, 15) is 18.4 Å². The number of alkyl halides is 3. The maximum atomic E-state index is 12.5. The van der Waals surface area contributed by atoms with Crippen LogP contribution in [-0.2, 0) is 4.74 Å². The Morgan fingerprint density at radius 1 is 1.30 bits per heavy atom. The first kappa shape index (κ1) is 16.6. The molecule has 0 N–H and O–H groups in total. The molecule has 1 aromatic rings. The van der Waals surface area contributed by atoms with Crippen molar-refractivity contribution in [3.8, 4) is 5.75 Å². The molecule has 0 spiro atoms. The summed E-state index contributed by atoms with van der Waals surface area (Å²) in [4.78, 5) is 23.1. The third-order valence-electron chi connectivity index (χ3n) is 2.34. The van der Waals surface area contributed by atoms with E-state index in [1.807, 2.05) is 0 Å². The van der Waals surface area contributed by atoms with Crippen molar-refractivity contribution in [1.29, 1.82) is 0 Å². The number of ether oxygens (including phenoxy) is 2. The zero-order valence-corrected chi connectivity index (χ0v) is 12.4. The second kappa shape index (κ2) is 7.33. The third kappa shape index (κ3) is 4.00. The summed E-state index contributed by atoms with van der Waals surface area (Å²) in [5.41, 5.74) is -0.300. The molecule has 0 fully saturated rings. The average Bonchev–Trinajstić information content (AvgIpc) is 2.37. The second-order valence-corrected chi connectivity index (χ2v) is 5.13. The predicted octanol–water partition coefficient (Wildman–Crippen LogP) is 3.43. The summed E-state index contributed by atoms with van der Waals surface area (Å²) in [7, 11) is 0. The van der Waals surface area contributed by atoms with Crippen LogP contribution < -0.4 is 4.74 Å². The fraction of sp³-hybridized carbons (Fsp3) is 0.385. The van der Waals surface area contributed by atoms with Crippen LogP contribution in [0.25, 0.3) is 0 Å². The van der Waals surface area contributed by atoms with Crippen LogP contribution in [-0.4, -0.2) is 29.8 Å².